The number of nitrogens with zero attached hydrogens (tertiary/aromatic N) is 1. The zero-order valence-corrected chi connectivity index (χ0v) is 9.92. The first-order chi connectivity index (χ1) is 7.74. The zero-order chi connectivity index (χ0) is 11.6. The second-order valence-corrected chi connectivity index (χ2v) is 4.40. The maximum atomic E-state index is 9.08. The van der Waals surface area contributed by atoms with Gasteiger partial charge in [-0.3, -0.25) is 0 Å². The highest BCUT2D eigenvalue weighted by atomic mass is 16.5. The third-order valence-corrected chi connectivity index (χ3v) is 3.67. The van der Waals surface area contributed by atoms with Gasteiger partial charge in [0.25, 0.3) is 0 Å². The summed E-state index contributed by atoms with van der Waals surface area (Å²) in [7, 11) is 0. The van der Waals surface area contributed by atoms with Crippen molar-refractivity contribution in [2.24, 2.45) is 0 Å². The summed E-state index contributed by atoms with van der Waals surface area (Å²) < 4.78 is 6.12. The number of nitriles is 1. The van der Waals surface area contributed by atoms with Crippen LogP contribution in [0.15, 0.2) is 18.2 Å². The topological polar surface area (TPSA) is 33.0 Å². The van der Waals surface area contributed by atoms with Crippen molar-refractivity contribution < 1.29 is 4.74 Å². The Labute approximate surface area is 96.9 Å². The number of hydrogen-bond acceptors (Lipinski definition) is 2. The minimum Gasteiger partial charge on any atom is -0.486 e. The highest BCUT2D eigenvalue weighted by molar-refractivity contribution is 5.49. The highest BCUT2D eigenvalue weighted by Gasteiger charge is 2.33. The van der Waals surface area contributed by atoms with Gasteiger partial charge in [0, 0.05) is 0 Å². The molecule has 2 nitrogen and oxygen atoms in total. The predicted molar refractivity (Wildman–Crippen MR) is 63.4 cm³/mol. The van der Waals surface area contributed by atoms with Crippen molar-refractivity contribution in [2.45, 2.75) is 45.1 Å². The molecule has 0 amide bonds. The maximum Gasteiger partial charge on any atom is 0.141 e. The molecule has 1 aliphatic rings. The van der Waals surface area contributed by atoms with Crippen molar-refractivity contribution in [3.8, 4) is 11.8 Å². The van der Waals surface area contributed by atoms with Crippen LogP contribution in [0.2, 0.25) is 0 Å². The van der Waals surface area contributed by atoms with Gasteiger partial charge in [0.05, 0.1) is 5.56 Å². The second kappa shape index (κ2) is 4.17. The molecule has 2 heteroatoms. The predicted octanol–water partition coefficient (Wildman–Crippen LogP) is 3.44. The first-order valence-corrected chi connectivity index (χ1v) is 5.95. The monoisotopic (exact) mass is 215 g/mol. The van der Waals surface area contributed by atoms with Crippen LogP contribution in [0.3, 0.4) is 0 Å². The van der Waals surface area contributed by atoms with Crippen LogP contribution in [0.5, 0.6) is 5.75 Å². The summed E-state index contributed by atoms with van der Waals surface area (Å²) in [6.07, 6.45) is 4.08. The Balaban J connectivity index is 2.42. The first kappa shape index (κ1) is 11.0. The molecule has 1 heterocycles. The van der Waals surface area contributed by atoms with Gasteiger partial charge in [-0.1, -0.05) is 26.0 Å². The second-order valence-electron chi connectivity index (χ2n) is 4.40. The Bertz CT molecular complexity index is 427. The van der Waals surface area contributed by atoms with Crippen molar-refractivity contribution in [2.75, 3.05) is 0 Å². The molecule has 0 spiro atoms. The minimum atomic E-state index is -0.0556. The number of benzene rings is 1. The Hall–Kier alpha value is -1.49. The van der Waals surface area contributed by atoms with Crippen LogP contribution in [0.1, 0.15) is 44.2 Å². The summed E-state index contributed by atoms with van der Waals surface area (Å²) in [5.41, 5.74) is 1.79. The molecule has 0 N–H and O–H groups in total. The van der Waals surface area contributed by atoms with Gasteiger partial charge in [0.1, 0.15) is 17.4 Å². The van der Waals surface area contributed by atoms with Gasteiger partial charge in [-0.25, -0.2) is 0 Å². The smallest absolute Gasteiger partial charge is 0.141 e. The van der Waals surface area contributed by atoms with E-state index in [0.29, 0.717) is 5.56 Å². The Morgan fingerprint density at radius 3 is 2.75 bits per heavy atom. The van der Waals surface area contributed by atoms with Crippen LogP contribution >= 0.6 is 0 Å². The van der Waals surface area contributed by atoms with Crippen molar-refractivity contribution >= 4 is 0 Å². The van der Waals surface area contributed by atoms with E-state index in [1.165, 1.54) is 5.56 Å². The normalized spacial score (nSPS) is 17.1. The van der Waals surface area contributed by atoms with Crippen LogP contribution in [0, 0.1) is 11.3 Å². The molecule has 0 saturated carbocycles. The number of aryl methyl sites for hydroxylation is 1. The molecule has 1 aromatic carbocycles. The molecule has 1 aromatic rings. The average Bonchev–Trinajstić information content (AvgIpc) is 2.37. The molecule has 84 valence electrons. The Kier molecular flexibility index (Phi) is 2.87. The molecule has 0 atom stereocenters. The van der Waals surface area contributed by atoms with Gasteiger partial charge < -0.3 is 4.74 Å². The van der Waals surface area contributed by atoms with Gasteiger partial charge in [-0.05, 0) is 37.3 Å². The van der Waals surface area contributed by atoms with Gasteiger partial charge in [-0.2, -0.15) is 5.26 Å². The van der Waals surface area contributed by atoms with Gasteiger partial charge in [0.2, 0.25) is 0 Å². The molecule has 0 unspecified atom stereocenters. The standard InChI is InChI=1S/C14H17NO/c1-3-14(4-2)9-8-11-6-5-7-12(10-15)13(11)16-14/h5-7H,3-4,8-9H2,1-2H3. The van der Waals surface area contributed by atoms with E-state index in [4.69, 9.17) is 10.00 Å². The quantitative estimate of drug-likeness (QED) is 0.757. The number of ether oxygens (including phenoxy) is 1. The lowest BCUT2D eigenvalue weighted by molar-refractivity contribution is 0.0380. The lowest BCUT2D eigenvalue weighted by atomic mass is 9.86. The summed E-state index contributed by atoms with van der Waals surface area (Å²) in [6.45, 7) is 4.31. The fourth-order valence-corrected chi connectivity index (χ4v) is 2.37. The molecule has 0 aromatic heterocycles. The van der Waals surface area contributed by atoms with E-state index in [0.717, 1.165) is 31.4 Å². The molecule has 0 saturated heterocycles. The molecular formula is C14H17NO. The lowest BCUT2D eigenvalue weighted by Gasteiger charge is -2.37. The van der Waals surface area contributed by atoms with E-state index in [1.54, 1.807) is 0 Å². The molecule has 0 fully saturated rings. The van der Waals surface area contributed by atoms with E-state index >= 15 is 0 Å². The zero-order valence-electron chi connectivity index (χ0n) is 9.92. The van der Waals surface area contributed by atoms with Crippen LogP contribution in [-0.2, 0) is 6.42 Å². The van der Waals surface area contributed by atoms with Crippen LogP contribution in [-0.4, -0.2) is 5.60 Å². The maximum absolute atomic E-state index is 9.08. The van der Waals surface area contributed by atoms with E-state index in [1.807, 2.05) is 12.1 Å². The third kappa shape index (κ3) is 1.67. The molecule has 0 aliphatic carbocycles. The molecule has 0 bridgehead atoms. The summed E-state index contributed by atoms with van der Waals surface area (Å²) in [4.78, 5) is 0. The molecule has 1 aliphatic heterocycles. The fourth-order valence-electron chi connectivity index (χ4n) is 2.37. The van der Waals surface area contributed by atoms with Crippen molar-refractivity contribution in [1.82, 2.24) is 0 Å². The van der Waals surface area contributed by atoms with E-state index in [2.05, 4.69) is 26.0 Å². The van der Waals surface area contributed by atoms with Crippen LogP contribution in [0.4, 0.5) is 0 Å². The number of hydrogen-bond donors (Lipinski definition) is 0. The van der Waals surface area contributed by atoms with Gasteiger partial charge >= 0.3 is 0 Å². The van der Waals surface area contributed by atoms with Crippen molar-refractivity contribution in [3.05, 3.63) is 29.3 Å². The highest BCUT2D eigenvalue weighted by Crippen LogP contribution is 2.38. The summed E-state index contributed by atoms with van der Waals surface area (Å²) in [5, 5.41) is 9.08. The Morgan fingerprint density at radius 2 is 2.12 bits per heavy atom. The Morgan fingerprint density at radius 1 is 1.38 bits per heavy atom. The first-order valence-electron chi connectivity index (χ1n) is 5.95. The largest absolute Gasteiger partial charge is 0.486 e. The molecule has 0 radical (unpaired) electrons. The molecular weight excluding hydrogens is 198 g/mol. The molecule has 16 heavy (non-hydrogen) atoms. The van der Waals surface area contributed by atoms with Crippen molar-refractivity contribution in [1.29, 1.82) is 5.26 Å². The van der Waals surface area contributed by atoms with Gasteiger partial charge in [-0.15, -0.1) is 0 Å². The van der Waals surface area contributed by atoms with Crippen molar-refractivity contribution in [3.63, 3.8) is 0 Å². The fraction of sp³-hybridized carbons (Fsp3) is 0.500. The summed E-state index contributed by atoms with van der Waals surface area (Å²) >= 11 is 0. The number of para-hydroxylation sites is 1. The average molecular weight is 215 g/mol. The van der Waals surface area contributed by atoms with E-state index < -0.39 is 0 Å². The van der Waals surface area contributed by atoms with E-state index in [9.17, 15) is 0 Å². The minimum absolute atomic E-state index is 0.0556. The van der Waals surface area contributed by atoms with Crippen LogP contribution in [0.25, 0.3) is 0 Å². The summed E-state index contributed by atoms with van der Waals surface area (Å²) in [6, 6.07) is 8.05. The number of rotatable bonds is 2. The van der Waals surface area contributed by atoms with Gasteiger partial charge in [0.15, 0.2) is 0 Å². The molecule has 2 rings (SSSR count). The van der Waals surface area contributed by atoms with Crippen LogP contribution < -0.4 is 4.74 Å². The third-order valence-electron chi connectivity index (χ3n) is 3.67. The lowest BCUT2D eigenvalue weighted by Crippen LogP contribution is -2.38. The number of fused-ring (bicyclic) bond motifs is 1. The van der Waals surface area contributed by atoms with E-state index in [-0.39, 0.29) is 5.60 Å². The summed E-state index contributed by atoms with van der Waals surface area (Å²) in [5.74, 6) is 0.819. The SMILES string of the molecule is CCC1(CC)CCc2cccc(C#N)c2O1.